The fraction of sp³-hybridized carbons (Fsp3) is 0. The maximum atomic E-state index is 5.60. The Morgan fingerprint density at radius 3 is 1.83 bits per heavy atom. The fourth-order valence-electron chi connectivity index (χ4n) is 8.81. The minimum Gasteiger partial charge on any atom is -0.308 e. The van der Waals surface area contributed by atoms with Crippen molar-refractivity contribution in [2.75, 3.05) is 0 Å². The third-order valence-corrected chi connectivity index (χ3v) is 11.0. The molecule has 0 aliphatic rings. The molecule has 240 valence electrons. The van der Waals surface area contributed by atoms with E-state index in [2.05, 4.69) is 179 Å². The minimum atomic E-state index is 0.825. The molecule has 0 saturated heterocycles. The Labute approximate surface area is 297 Å². The Morgan fingerprint density at radius 1 is 0.385 bits per heavy atom. The van der Waals surface area contributed by atoms with Crippen LogP contribution in [0.5, 0.6) is 0 Å². The molecule has 52 heavy (non-hydrogen) atoms. The zero-order chi connectivity index (χ0) is 33.9. The lowest BCUT2D eigenvalue weighted by Crippen LogP contribution is -2.04. The number of rotatable bonds is 3. The summed E-state index contributed by atoms with van der Waals surface area (Å²) in [7, 11) is 0. The van der Waals surface area contributed by atoms with E-state index < -0.39 is 0 Å². The van der Waals surface area contributed by atoms with E-state index in [1.807, 2.05) is 0 Å². The average molecular weight is 661 g/mol. The zero-order valence-corrected chi connectivity index (χ0v) is 28.0. The van der Waals surface area contributed by atoms with Crippen LogP contribution in [0.4, 0.5) is 0 Å². The highest BCUT2D eigenvalue weighted by atomic mass is 15.1. The van der Waals surface area contributed by atoms with E-state index in [0.29, 0.717) is 0 Å². The molecule has 12 rings (SSSR count). The monoisotopic (exact) mass is 660 g/mol. The lowest BCUT2D eigenvalue weighted by molar-refractivity contribution is 1.08. The van der Waals surface area contributed by atoms with Gasteiger partial charge in [-0.3, -0.25) is 4.57 Å². The normalized spacial score (nSPS) is 12.2. The van der Waals surface area contributed by atoms with Crippen molar-refractivity contribution < 1.29 is 0 Å². The maximum Gasteiger partial charge on any atom is 0.165 e. The molecule has 0 aliphatic carbocycles. The van der Waals surface area contributed by atoms with E-state index >= 15 is 0 Å². The van der Waals surface area contributed by atoms with Crippen LogP contribution >= 0.6 is 0 Å². The summed E-state index contributed by atoms with van der Waals surface area (Å²) in [6.45, 7) is 0. The third-order valence-electron chi connectivity index (χ3n) is 11.0. The molecular formula is C48H28N4. The maximum absolute atomic E-state index is 5.60. The van der Waals surface area contributed by atoms with Gasteiger partial charge in [-0.05, 0) is 64.4 Å². The molecule has 4 nitrogen and oxygen atoms in total. The van der Waals surface area contributed by atoms with Crippen LogP contribution in [0, 0.1) is 0 Å². The summed E-state index contributed by atoms with van der Waals surface area (Å²) in [5.41, 5.74) is 11.9. The van der Waals surface area contributed by atoms with Crippen molar-refractivity contribution in [3.63, 3.8) is 0 Å². The molecule has 0 bridgehead atoms. The Morgan fingerprint density at radius 2 is 1.00 bits per heavy atom. The van der Waals surface area contributed by atoms with Crippen molar-refractivity contribution in [2.45, 2.75) is 0 Å². The van der Waals surface area contributed by atoms with Crippen molar-refractivity contribution in [3.05, 3.63) is 170 Å². The van der Waals surface area contributed by atoms with Gasteiger partial charge in [-0.25, -0.2) is 9.97 Å². The Balaban J connectivity index is 1.32. The summed E-state index contributed by atoms with van der Waals surface area (Å²) < 4.78 is 4.86. The second kappa shape index (κ2) is 10.3. The van der Waals surface area contributed by atoms with Crippen LogP contribution in [0.1, 0.15) is 0 Å². The Kier molecular flexibility index (Phi) is 5.47. The van der Waals surface area contributed by atoms with Gasteiger partial charge >= 0.3 is 0 Å². The highest BCUT2D eigenvalue weighted by Crippen LogP contribution is 2.46. The largest absolute Gasteiger partial charge is 0.308 e. The van der Waals surface area contributed by atoms with E-state index in [1.54, 1.807) is 0 Å². The van der Waals surface area contributed by atoms with Crippen molar-refractivity contribution in [1.82, 2.24) is 18.9 Å². The summed E-state index contributed by atoms with van der Waals surface area (Å²) in [5, 5.41) is 9.65. The van der Waals surface area contributed by atoms with Gasteiger partial charge in [-0.15, -0.1) is 0 Å². The molecule has 0 spiro atoms. The molecule has 4 aromatic heterocycles. The van der Waals surface area contributed by atoms with Gasteiger partial charge in [0.05, 0.1) is 38.6 Å². The van der Waals surface area contributed by atoms with Gasteiger partial charge in [0.15, 0.2) is 5.82 Å². The van der Waals surface area contributed by atoms with Crippen LogP contribution in [0.25, 0.3) is 110 Å². The van der Waals surface area contributed by atoms with Crippen molar-refractivity contribution in [1.29, 1.82) is 0 Å². The minimum absolute atomic E-state index is 0.825. The van der Waals surface area contributed by atoms with Crippen molar-refractivity contribution in [2.24, 2.45) is 0 Å². The Hall–Kier alpha value is -7.04. The number of hydrogen-bond donors (Lipinski definition) is 0. The number of nitrogens with zero attached hydrogens (tertiary/aromatic N) is 4. The SMILES string of the molecule is c1ccc(-c2cc3c4cccc5c4c4c(cccc4n4c6ccccc6c(c2)c34)n5-c2nc3c(ccc4ccccc43)nc2-c2ccccc2)cc1. The van der Waals surface area contributed by atoms with Crippen molar-refractivity contribution in [3.8, 4) is 28.2 Å². The van der Waals surface area contributed by atoms with Crippen LogP contribution in [0.2, 0.25) is 0 Å². The Bertz CT molecular complexity index is 3390. The molecule has 8 aromatic carbocycles. The van der Waals surface area contributed by atoms with E-state index in [9.17, 15) is 0 Å². The number of para-hydroxylation sites is 1. The van der Waals surface area contributed by atoms with Gasteiger partial charge in [0.25, 0.3) is 0 Å². The van der Waals surface area contributed by atoms with Crippen molar-refractivity contribution >= 4 is 81.7 Å². The molecular weight excluding hydrogens is 633 g/mol. The second-order valence-corrected chi connectivity index (χ2v) is 13.8. The summed E-state index contributed by atoms with van der Waals surface area (Å²) in [5.74, 6) is 0.825. The lowest BCUT2D eigenvalue weighted by Gasteiger charge is -2.15. The first kappa shape index (κ1) is 27.7. The van der Waals surface area contributed by atoms with Gasteiger partial charge in [0.2, 0.25) is 0 Å². The quantitative estimate of drug-likeness (QED) is 0.177. The number of aromatic nitrogens is 4. The van der Waals surface area contributed by atoms with Crippen LogP contribution in [0.15, 0.2) is 170 Å². The van der Waals surface area contributed by atoms with Crippen LogP contribution in [-0.4, -0.2) is 18.9 Å². The lowest BCUT2D eigenvalue weighted by atomic mass is 9.98. The summed E-state index contributed by atoms with van der Waals surface area (Å²) >= 11 is 0. The molecule has 12 aromatic rings. The average Bonchev–Trinajstić information content (AvgIpc) is 3.69. The van der Waals surface area contributed by atoms with Crippen LogP contribution < -0.4 is 0 Å². The third kappa shape index (κ3) is 3.65. The molecule has 0 atom stereocenters. The van der Waals surface area contributed by atoms with Gasteiger partial charge in [-0.2, -0.15) is 0 Å². The topological polar surface area (TPSA) is 35.1 Å². The van der Waals surface area contributed by atoms with E-state index in [-0.39, 0.29) is 0 Å². The molecule has 0 amide bonds. The molecule has 0 saturated carbocycles. The fourth-order valence-corrected chi connectivity index (χ4v) is 8.81. The first-order chi connectivity index (χ1) is 25.8. The van der Waals surface area contributed by atoms with Gasteiger partial charge in [0, 0.05) is 37.9 Å². The van der Waals surface area contributed by atoms with E-state index in [1.165, 1.54) is 60.0 Å². The summed E-state index contributed by atoms with van der Waals surface area (Å²) in [6.07, 6.45) is 0. The van der Waals surface area contributed by atoms with E-state index in [0.717, 1.165) is 49.9 Å². The summed E-state index contributed by atoms with van der Waals surface area (Å²) in [6, 6.07) is 61.1. The molecule has 0 aliphatic heterocycles. The molecule has 0 radical (unpaired) electrons. The van der Waals surface area contributed by atoms with Gasteiger partial charge < -0.3 is 4.40 Å². The molecule has 4 heterocycles. The van der Waals surface area contributed by atoms with Crippen LogP contribution in [0.3, 0.4) is 0 Å². The predicted molar refractivity (Wildman–Crippen MR) is 217 cm³/mol. The highest BCUT2D eigenvalue weighted by molar-refractivity contribution is 6.31. The summed E-state index contributed by atoms with van der Waals surface area (Å²) in [4.78, 5) is 11.0. The number of fused-ring (bicyclic) bond motifs is 8. The molecule has 0 N–H and O–H groups in total. The number of benzene rings is 8. The number of hydrogen-bond acceptors (Lipinski definition) is 2. The molecule has 0 fully saturated rings. The van der Waals surface area contributed by atoms with Crippen LogP contribution in [-0.2, 0) is 0 Å². The smallest absolute Gasteiger partial charge is 0.165 e. The standard InChI is InChI=1S/C48H28N4/c1-3-13-29(14-4-1)32-27-36-34-19-9-10-21-39(34)51-41-23-12-24-42-44(41)43-35(37(28-32)47(36)51)20-11-22-40(43)52(42)48-45(31-16-5-2-6-17-31)49-38-26-25-30-15-7-8-18-33(30)46(38)50-48/h1-28H. The predicted octanol–water partition coefficient (Wildman–Crippen LogP) is 12.4. The first-order valence-electron chi connectivity index (χ1n) is 17.8. The van der Waals surface area contributed by atoms with E-state index in [4.69, 9.17) is 9.97 Å². The first-order valence-corrected chi connectivity index (χ1v) is 17.8. The van der Waals surface area contributed by atoms with Gasteiger partial charge in [-0.1, -0.05) is 127 Å². The highest BCUT2D eigenvalue weighted by Gasteiger charge is 2.25. The zero-order valence-electron chi connectivity index (χ0n) is 28.0. The van der Waals surface area contributed by atoms with Gasteiger partial charge in [0.1, 0.15) is 5.69 Å². The second-order valence-electron chi connectivity index (χ2n) is 13.8. The molecule has 4 heteroatoms. The molecule has 0 unspecified atom stereocenters.